The molecule has 1 saturated heterocycles. The first kappa shape index (κ1) is 19.5. The van der Waals surface area contributed by atoms with Gasteiger partial charge in [0.2, 0.25) is 15.9 Å². The Bertz CT molecular complexity index is 823. The van der Waals surface area contributed by atoms with Gasteiger partial charge >= 0.3 is 0 Å². The van der Waals surface area contributed by atoms with Crippen molar-refractivity contribution in [3.8, 4) is 9.88 Å². The smallest absolute Gasteiger partial charge is 0.223 e. The first-order valence-corrected chi connectivity index (χ1v) is 12.1. The summed E-state index contributed by atoms with van der Waals surface area (Å²) in [6.45, 7) is 3.07. The normalized spacial score (nSPS) is 16.7. The molecule has 142 valence electrons. The molecule has 0 unspecified atom stereocenters. The molecule has 3 rings (SSSR count). The number of thiazole rings is 1. The van der Waals surface area contributed by atoms with E-state index in [-0.39, 0.29) is 17.6 Å². The standard InChI is InChI=1S/C17H23N3O3S3/c1-2-26(22,23)20-9-6-13(7-10-20)16(21)18-8-5-14-12-25-17(19-14)15-4-3-11-24-15/h3-4,11-13H,2,5-10H2,1H3,(H,18,21). The fraction of sp³-hybridized carbons (Fsp3) is 0.529. The Morgan fingerprint density at radius 2 is 2.12 bits per heavy atom. The van der Waals surface area contributed by atoms with E-state index in [1.165, 1.54) is 9.18 Å². The van der Waals surface area contributed by atoms with E-state index < -0.39 is 10.0 Å². The number of nitrogens with zero attached hydrogens (tertiary/aromatic N) is 2. The van der Waals surface area contributed by atoms with Crippen molar-refractivity contribution in [1.82, 2.24) is 14.6 Å². The van der Waals surface area contributed by atoms with Gasteiger partial charge in [-0.15, -0.1) is 22.7 Å². The van der Waals surface area contributed by atoms with Crippen LogP contribution in [0.2, 0.25) is 0 Å². The Balaban J connectivity index is 1.42. The van der Waals surface area contributed by atoms with Crippen LogP contribution in [0.5, 0.6) is 0 Å². The lowest BCUT2D eigenvalue weighted by molar-refractivity contribution is -0.126. The number of carbonyl (C=O) groups excluding carboxylic acids is 1. The van der Waals surface area contributed by atoms with Gasteiger partial charge in [-0.2, -0.15) is 0 Å². The van der Waals surface area contributed by atoms with Crippen LogP contribution >= 0.6 is 22.7 Å². The summed E-state index contributed by atoms with van der Waals surface area (Å²) in [5.41, 5.74) is 0.988. The second-order valence-corrected chi connectivity index (χ2v) is 10.3. The van der Waals surface area contributed by atoms with Crippen molar-refractivity contribution in [3.63, 3.8) is 0 Å². The minimum Gasteiger partial charge on any atom is -0.355 e. The first-order valence-electron chi connectivity index (χ1n) is 8.73. The number of hydrogen-bond donors (Lipinski definition) is 1. The van der Waals surface area contributed by atoms with Crippen LogP contribution in [0.15, 0.2) is 22.9 Å². The van der Waals surface area contributed by atoms with E-state index in [0.29, 0.717) is 38.9 Å². The lowest BCUT2D eigenvalue weighted by Crippen LogP contribution is -2.43. The van der Waals surface area contributed by atoms with Gasteiger partial charge in [0.25, 0.3) is 0 Å². The molecule has 0 bridgehead atoms. The number of hydrogen-bond acceptors (Lipinski definition) is 6. The molecule has 0 aliphatic carbocycles. The Hall–Kier alpha value is -1.29. The van der Waals surface area contributed by atoms with Crippen LogP contribution in [0.4, 0.5) is 0 Å². The second-order valence-electron chi connectivity index (χ2n) is 6.24. The van der Waals surface area contributed by atoms with Crippen molar-refractivity contribution in [1.29, 1.82) is 0 Å². The summed E-state index contributed by atoms with van der Waals surface area (Å²) in [4.78, 5) is 18.1. The van der Waals surface area contributed by atoms with Crippen molar-refractivity contribution >= 4 is 38.6 Å². The number of carbonyl (C=O) groups is 1. The lowest BCUT2D eigenvalue weighted by atomic mass is 9.97. The average Bonchev–Trinajstić information content (AvgIpc) is 3.33. The number of aromatic nitrogens is 1. The molecule has 6 nitrogen and oxygen atoms in total. The summed E-state index contributed by atoms with van der Waals surface area (Å²) >= 11 is 3.29. The molecule has 0 radical (unpaired) electrons. The van der Waals surface area contributed by atoms with Gasteiger partial charge in [-0.05, 0) is 31.2 Å². The van der Waals surface area contributed by atoms with Gasteiger partial charge in [0.05, 0.1) is 16.3 Å². The number of nitrogens with one attached hydrogen (secondary N) is 1. The SMILES string of the molecule is CCS(=O)(=O)N1CCC(C(=O)NCCc2csc(-c3cccs3)n2)CC1. The minimum absolute atomic E-state index is 0.0206. The topological polar surface area (TPSA) is 79.4 Å². The third kappa shape index (κ3) is 4.70. The van der Waals surface area contributed by atoms with Gasteiger partial charge in [0.1, 0.15) is 5.01 Å². The van der Waals surface area contributed by atoms with Crippen molar-refractivity contribution in [2.45, 2.75) is 26.2 Å². The summed E-state index contributed by atoms with van der Waals surface area (Å²) in [6, 6.07) is 4.07. The van der Waals surface area contributed by atoms with Crippen molar-refractivity contribution in [2.24, 2.45) is 5.92 Å². The molecule has 2 aromatic rings. The molecular formula is C17H23N3O3S3. The maximum Gasteiger partial charge on any atom is 0.223 e. The maximum atomic E-state index is 12.3. The van der Waals surface area contributed by atoms with Gasteiger partial charge < -0.3 is 5.32 Å². The molecular weight excluding hydrogens is 390 g/mol. The molecule has 0 atom stereocenters. The molecule has 9 heteroatoms. The quantitative estimate of drug-likeness (QED) is 0.757. The van der Waals surface area contributed by atoms with Gasteiger partial charge in [-0.1, -0.05) is 6.07 Å². The van der Waals surface area contributed by atoms with Crippen molar-refractivity contribution in [3.05, 3.63) is 28.6 Å². The van der Waals surface area contributed by atoms with Crippen LogP contribution in [0.1, 0.15) is 25.5 Å². The largest absolute Gasteiger partial charge is 0.355 e. The summed E-state index contributed by atoms with van der Waals surface area (Å²) in [7, 11) is -3.14. The van der Waals surface area contributed by atoms with E-state index in [1.54, 1.807) is 29.6 Å². The minimum atomic E-state index is -3.14. The predicted molar refractivity (Wildman–Crippen MR) is 106 cm³/mol. The van der Waals surface area contributed by atoms with Crippen LogP contribution in [-0.4, -0.2) is 49.0 Å². The molecule has 0 saturated carbocycles. The molecule has 3 heterocycles. The predicted octanol–water partition coefficient (Wildman–Crippen LogP) is 2.59. The van der Waals surface area contributed by atoms with Crippen LogP contribution in [0.25, 0.3) is 9.88 Å². The fourth-order valence-corrected chi connectivity index (χ4v) is 5.77. The van der Waals surface area contributed by atoms with Crippen molar-refractivity contribution < 1.29 is 13.2 Å². The zero-order chi connectivity index (χ0) is 18.6. The molecule has 1 aliphatic rings. The Morgan fingerprint density at radius 3 is 2.77 bits per heavy atom. The highest BCUT2D eigenvalue weighted by atomic mass is 32.2. The van der Waals surface area contributed by atoms with Gasteiger partial charge in [-0.3, -0.25) is 4.79 Å². The van der Waals surface area contributed by atoms with E-state index in [2.05, 4.69) is 16.4 Å². The zero-order valence-corrected chi connectivity index (χ0v) is 17.1. The molecule has 1 aliphatic heterocycles. The average molecular weight is 414 g/mol. The van der Waals surface area contributed by atoms with Crippen LogP contribution < -0.4 is 5.32 Å². The maximum absolute atomic E-state index is 12.3. The molecule has 26 heavy (non-hydrogen) atoms. The summed E-state index contributed by atoms with van der Waals surface area (Å²) in [5, 5.41) is 8.06. The number of sulfonamides is 1. The molecule has 0 aromatic carbocycles. The Labute approximate surface area is 162 Å². The van der Waals surface area contributed by atoms with Crippen LogP contribution in [-0.2, 0) is 21.2 Å². The fourth-order valence-electron chi connectivity index (χ4n) is 2.97. The Kier molecular flexibility index (Phi) is 6.44. The third-order valence-corrected chi connectivity index (χ3v) is 8.36. The van der Waals surface area contributed by atoms with E-state index >= 15 is 0 Å². The summed E-state index contributed by atoms with van der Waals surface area (Å²) in [6.07, 6.45) is 1.88. The third-order valence-electron chi connectivity index (χ3n) is 4.55. The van der Waals surface area contributed by atoms with E-state index in [0.717, 1.165) is 10.7 Å². The highest BCUT2D eigenvalue weighted by Crippen LogP contribution is 2.27. The molecule has 1 fully saturated rings. The summed E-state index contributed by atoms with van der Waals surface area (Å²) < 4.78 is 25.2. The van der Waals surface area contributed by atoms with Gasteiger partial charge in [0.15, 0.2) is 0 Å². The number of piperidine rings is 1. The highest BCUT2D eigenvalue weighted by Gasteiger charge is 2.29. The number of rotatable bonds is 7. The molecule has 1 amide bonds. The van der Waals surface area contributed by atoms with E-state index in [1.807, 2.05) is 16.8 Å². The second kappa shape index (κ2) is 8.60. The van der Waals surface area contributed by atoms with Crippen molar-refractivity contribution in [2.75, 3.05) is 25.4 Å². The molecule has 0 spiro atoms. The highest BCUT2D eigenvalue weighted by molar-refractivity contribution is 7.89. The van der Waals surface area contributed by atoms with Gasteiger partial charge in [-0.25, -0.2) is 17.7 Å². The number of thiophene rings is 1. The van der Waals surface area contributed by atoms with Gasteiger partial charge in [0, 0.05) is 37.4 Å². The Morgan fingerprint density at radius 1 is 1.35 bits per heavy atom. The first-order chi connectivity index (χ1) is 12.5. The monoisotopic (exact) mass is 413 g/mol. The van der Waals surface area contributed by atoms with Crippen LogP contribution in [0, 0.1) is 5.92 Å². The summed E-state index contributed by atoms with van der Waals surface area (Å²) in [5.74, 6) is 0.0352. The van der Waals surface area contributed by atoms with Crippen LogP contribution in [0.3, 0.4) is 0 Å². The molecule has 1 N–H and O–H groups in total. The van der Waals surface area contributed by atoms with E-state index in [4.69, 9.17) is 0 Å². The molecule has 2 aromatic heterocycles. The number of amides is 1. The van der Waals surface area contributed by atoms with E-state index in [9.17, 15) is 13.2 Å². The zero-order valence-electron chi connectivity index (χ0n) is 14.7. The lowest BCUT2D eigenvalue weighted by Gasteiger charge is -2.30.